The number of guanidine groups is 1. The molecule has 1 unspecified atom stereocenters. The highest BCUT2D eigenvalue weighted by Crippen LogP contribution is 2.31. The third-order valence-corrected chi connectivity index (χ3v) is 6.69. The highest BCUT2D eigenvalue weighted by atomic mass is 16.5. The van der Waals surface area contributed by atoms with E-state index in [1.54, 1.807) is 14.2 Å². The van der Waals surface area contributed by atoms with E-state index in [0.717, 1.165) is 68.7 Å². The van der Waals surface area contributed by atoms with Gasteiger partial charge in [0.1, 0.15) is 11.5 Å². The minimum Gasteiger partial charge on any atom is -0.497 e. The van der Waals surface area contributed by atoms with Crippen molar-refractivity contribution < 1.29 is 9.47 Å². The van der Waals surface area contributed by atoms with Crippen molar-refractivity contribution in [1.82, 2.24) is 20.0 Å². The predicted octanol–water partition coefficient (Wildman–Crippen LogP) is 1.88. The Bertz CT molecular complexity index is 728. The van der Waals surface area contributed by atoms with Gasteiger partial charge in [-0.2, -0.15) is 0 Å². The molecule has 1 aliphatic carbocycles. The van der Waals surface area contributed by atoms with Crippen LogP contribution in [-0.4, -0.2) is 93.8 Å². The molecule has 30 heavy (non-hydrogen) atoms. The monoisotopic (exact) mass is 415 g/mol. The summed E-state index contributed by atoms with van der Waals surface area (Å²) in [7, 11) is 5.34. The molecule has 1 saturated carbocycles. The molecule has 1 aromatic rings. The van der Waals surface area contributed by atoms with E-state index in [9.17, 15) is 0 Å². The van der Waals surface area contributed by atoms with Gasteiger partial charge in [-0.15, -0.1) is 0 Å². The molecule has 7 nitrogen and oxygen atoms in total. The maximum absolute atomic E-state index is 5.54. The Morgan fingerprint density at radius 1 is 1.07 bits per heavy atom. The Morgan fingerprint density at radius 3 is 2.53 bits per heavy atom. The van der Waals surface area contributed by atoms with Crippen molar-refractivity contribution in [2.45, 2.75) is 31.8 Å². The topological polar surface area (TPSA) is 52.6 Å². The normalized spacial score (nSPS) is 23.6. The van der Waals surface area contributed by atoms with E-state index in [2.05, 4.69) is 31.1 Å². The lowest BCUT2D eigenvalue weighted by atomic mass is 10.1. The Morgan fingerprint density at radius 2 is 1.87 bits per heavy atom. The maximum Gasteiger partial charge on any atom is 0.193 e. The van der Waals surface area contributed by atoms with Crippen molar-refractivity contribution in [1.29, 1.82) is 0 Å². The summed E-state index contributed by atoms with van der Waals surface area (Å²) in [5, 5.41) is 3.65. The molecule has 4 rings (SSSR count). The Hall–Kier alpha value is -1.99. The van der Waals surface area contributed by atoms with Gasteiger partial charge in [0.05, 0.1) is 14.2 Å². The van der Waals surface area contributed by atoms with Gasteiger partial charge in [0.2, 0.25) is 0 Å². The highest BCUT2D eigenvalue weighted by Gasteiger charge is 2.34. The number of likely N-dealkylation sites (tertiary alicyclic amines) is 1. The second-order valence-corrected chi connectivity index (χ2v) is 8.75. The number of ether oxygens (including phenoxy) is 2. The number of piperazine rings is 1. The first kappa shape index (κ1) is 21.2. The average molecular weight is 416 g/mol. The number of aliphatic imine (C=N–C) groups is 1. The molecule has 0 radical (unpaired) electrons. The van der Waals surface area contributed by atoms with Gasteiger partial charge in [0.15, 0.2) is 5.96 Å². The number of nitrogens with one attached hydrogen (secondary N) is 1. The average Bonchev–Trinajstić information content (AvgIpc) is 3.53. The quantitative estimate of drug-likeness (QED) is 0.542. The number of benzene rings is 1. The third kappa shape index (κ3) is 5.19. The molecule has 0 spiro atoms. The second kappa shape index (κ2) is 9.88. The van der Waals surface area contributed by atoms with Crippen LogP contribution in [0.5, 0.6) is 11.5 Å². The largest absolute Gasteiger partial charge is 0.497 e. The summed E-state index contributed by atoms with van der Waals surface area (Å²) in [5.41, 5.74) is 1.18. The molecule has 1 atom stereocenters. The zero-order valence-electron chi connectivity index (χ0n) is 18.8. The van der Waals surface area contributed by atoms with Crippen LogP contribution in [0.1, 0.15) is 24.8 Å². The lowest BCUT2D eigenvalue weighted by Gasteiger charge is -2.37. The lowest BCUT2D eigenvalue weighted by Crippen LogP contribution is -2.52. The van der Waals surface area contributed by atoms with Crippen LogP contribution in [0.15, 0.2) is 23.2 Å². The summed E-state index contributed by atoms with van der Waals surface area (Å²) in [4.78, 5) is 12.1. The first-order valence-electron chi connectivity index (χ1n) is 11.3. The molecule has 7 heteroatoms. The molecule has 1 aromatic carbocycles. The maximum atomic E-state index is 5.54. The fourth-order valence-electron chi connectivity index (χ4n) is 4.73. The summed E-state index contributed by atoms with van der Waals surface area (Å²) >= 11 is 0. The highest BCUT2D eigenvalue weighted by molar-refractivity contribution is 5.80. The molecule has 0 bridgehead atoms. The van der Waals surface area contributed by atoms with Gasteiger partial charge in [0.25, 0.3) is 0 Å². The van der Waals surface area contributed by atoms with Gasteiger partial charge in [-0.25, -0.2) is 0 Å². The molecular formula is C23H37N5O2. The van der Waals surface area contributed by atoms with Crippen LogP contribution >= 0.6 is 0 Å². The molecule has 2 aliphatic heterocycles. The number of nitrogens with zero attached hydrogens (tertiary/aromatic N) is 4. The summed E-state index contributed by atoms with van der Waals surface area (Å²) in [6, 6.07) is 6.91. The molecule has 0 amide bonds. The van der Waals surface area contributed by atoms with Gasteiger partial charge >= 0.3 is 0 Å². The van der Waals surface area contributed by atoms with Crippen molar-refractivity contribution in [2.24, 2.45) is 10.9 Å². The van der Waals surface area contributed by atoms with E-state index in [-0.39, 0.29) is 0 Å². The molecule has 3 aliphatic rings. The first-order valence-corrected chi connectivity index (χ1v) is 11.3. The lowest BCUT2D eigenvalue weighted by molar-refractivity contribution is 0.170. The van der Waals surface area contributed by atoms with Crippen LogP contribution < -0.4 is 14.8 Å². The predicted molar refractivity (Wildman–Crippen MR) is 120 cm³/mol. The second-order valence-electron chi connectivity index (χ2n) is 8.75. The van der Waals surface area contributed by atoms with Gasteiger partial charge in [0, 0.05) is 64.5 Å². The summed E-state index contributed by atoms with van der Waals surface area (Å²) in [6.45, 7) is 8.46. The Labute approximate surface area is 181 Å². The van der Waals surface area contributed by atoms with E-state index in [4.69, 9.17) is 9.47 Å². The van der Waals surface area contributed by atoms with E-state index in [1.807, 2.05) is 19.2 Å². The van der Waals surface area contributed by atoms with Crippen LogP contribution in [0.4, 0.5) is 0 Å². The molecule has 0 aromatic heterocycles. The van der Waals surface area contributed by atoms with Gasteiger partial charge in [-0.3, -0.25) is 9.89 Å². The fourth-order valence-corrected chi connectivity index (χ4v) is 4.73. The summed E-state index contributed by atoms with van der Waals surface area (Å²) < 4.78 is 10.9. The van der Waals surface area contributed by atoms with Crippen molar-refractivity contribution >= 4 is 5.96 Å². The Balaban J connectivity index is 1.24. The van der Waals surface area contributed by atoms with Crippen molar-refractivity contribution in [3.05, 3.63) is 23.8 Å². The van der Waals surface area contributed by atoms with Crippen LogP contribution in [0.2, 0.25) is 0 Å². The molecule has 3 fully saturated rings. The van der Waals surface area contributed by atoms with E-state index in [1.165, 1.54) is 37.9 Å². The molecular weight excluding hydrogens is 378 g/mol. The number of rotatable bonds is 7. The fraction of sp³-hybridized carbons (Fsp3) is 0.696. The van der Waals surface area contributed by atoms with Gasteiger partial charge in [-0.05, 0) is 49.9 Å². The van der Waals surface area contributed by atoms with Gasteiger partial charge in [-0.1, -0.05) is 0 Å². The first-order chi connectivity index (χ1) is 14.7. The van der Waals surface area contributed by atoms with Crippen LogP contribution in [0, 0.1) is 5.92 Å². The SMILES string of the molecule is CN=C(NCC1CCN(C2CC2)C1)N1CCN(Cc2cc(OC)ccc2OC)CC1. The zero-order valence-corrected chi connectivity index (χ0v) is 18.8. The van der Waals surface area contributed by atoms with Crippen LogP contribution in [0.25, 0.3) is 0 Å². The Kier molecular flexibility index (Phi) is 7.00. The molecule has 166 valence electrons. The number of hydrogen-bond acceptors (Lipinski definition) is 5. The summed E-state index contributed by atoms with van der Waals surface area (Å²) in [6.07, 6.45) is 4.14. The van der Waals surface area contributed by atoms with E-state index in [0.29, 0.717) is 0 Å². The minimum atomic E-state index is 0.754. The van der Waals surface area contributed by atoms with Gasteiger partial charge < -0.3 is 24.6 Å². The smallest absolute Gasteiger partial charge is 0.193 e. The van der Waals surface area contributed by atoms with Crippen molar-refractivity contribution in [2.75, 3.05) is 67.1 Å². The van der Waals surface area contributed by atoms with Crippen LogP contribution in [0.3, 0.4) is 0 Å². The molecule has 1 N–H and O–H groups in total. The zero-order chi connectivity index (χ0) is 20.9. The van der Waals surface area contributed by atoms with Crippen molar-refractivity contribution in [3.63, 3.8) is 0 Å². The summed E-state index contributed by atoms with van der Waals surface area (Å²) in [5.74, 6) is 3.61. The minimum absolute atomic E-state index is 0.754. The molecule has 2 heterocycles. The molecule has 2 saturated heterocycles. The number of methoxy groups -OCH3 is 2. The standard InChI is InChI=1S/C23H37N5O2/c1-24-23(25-15-18-8-9-28(16-18)20-4-5-20)27-12-10-26(11-13-27)17-19-14-21(29-2)6-7-22(19)30-3/h6-7,14,18,20H,4-5,8-13,15-17H2,1-3H3,(H,24,25). The van der Waals surface area contributed by atoms with E-state index < -0.39 is 0 Å². The third-order valence-electron chi connectivity index (χ3n) is 6.69. The number of hydrogen-bond donors (Lipinski definition) is 1. The van der Waals surface area contributed by atoms with Crippen LogP contribution in [-0.2, 0) is 6.54 Å². The van der Waals surface area contributed by atoms with E-state index >= 15 is 0 Å². The van der Waals surface area contributed by atoms with Crippen molar-refractivity contribution in [3.8, 4) is 11.5 Å².